The average molecular weight is 310 g/mol. The van der Waals surface area contributed by atoms with Crippen molar-refractivity contribution < 1.29 is 8.42 Å². The maximum atomic E-state index is 12.5. The molecule has 1 heterocycles. The Morgan fingerprint density at radius 1 is 1.48 bits per heavy atom. The zero-order valence-electron chi connectivity index (χ0n) is 12.8. The van der Waals surface area contributed by atoms with Gasteiger partial charge >= 0.3 is 0 Å². The largest absolute Gasteiger partial charge is 0.312 e. The molecule has 1 aliphatic rings. The van der Waals surface area contributed by atoms with E-state index in [2.05, 4.69) is 16.3 Å². The standard InChI is InChI=1S/C14H22N4O2S/c1-5-9-17(4)21(19,20)14-11(2)16-18(12(14)3)10-8-15-13-6-7-13/h1,13,15H,6-10H2,2-4H3. The van der Waals surface area contributed by atoms with Crippen molar-refractivity contribution in [2.45, 2.75) is 44.2 Å². The summed E-state index contributed by atoms with van der Waals surface area (Å²) < 4.78 is 28.0. The molecule has 0 unspecified atom stereocenters. The molecule has 2 rings (SSSR count). The summed E-state index contributed by atoms with van der Waals surface area (Å²) in [4.78, 5) is 0.270. The van der Waals surface area contributed by atoms with Gasteiger partial charge in [0.1, 0.15) is 4.90 Å². The van der Waals surface area contributed by atoms with Crippen molar-refractivity contribution in [3.05, 3.63) is 11.4 Å². The Hall–Kier alpha value is -1.36. The first kappa shape index (κ1) is 16.0. The van der Waals surface area contributed by atoms with Crippen LogP contribution >= 0.6 is 0 Å². The molecule has 0 saturated heterocycles. The van der Waals surface area contributed by atoms with E-state index in [0.717, 1.165) is 6.54 Å². The summed E-state index contributed by atoms with van der Waals surface area (Å²) in [6.45, 7) is 5.02. The summed E-state index contributed by atoms with van der Waals surface area (Å²) in [6, 6.07) is 0.631. The fraction of sp³-hybridized carbons (Fsp3) is 0.643. The van der Waals surface area contributed by atoms with Gasteiger partial charge in [-0.05, 0) is 26.7 Å². The Morgan fingerprint density at radius 3 is 2.71 bits per heavy atom. The van der Waals surface area contributed by atoms with E-state index in [9.17, 15) is 8.42 Å². The van der Waals surface area contributed by atoms with Crippen LogP contribution in [0.3, 0.4) is 0 Å². The minimum absolute atomic E-state index is 0.0512. The molecule has 0 aromatic carbocycles. The number of terminal acetylenes is 1. The second-order valence-corrected chi connectivity index (χ2v) is 7.40. The van der Waals surface area contributed by atoms with Gasteiger partial charge in [-0.3, -0.25) is 4.68 Å². The van der Waals surface area contributed by atoms with Gasteiger partial charge < -0.3 is 5.32 Å². The third-order valence-corrected chi connectivity index (χ3v) is 5.69. The van der Waals surface area contributed by atoms with E-state index < -0.39 is 10.0 Å². The van der Waals surface area contributed by atoms with E-state index in [1.54, 1.807) is 18.5 Å². The molecule has 0 amide bonds. The average Bonchev–Trinajstić information content (AvgIpc) is 3.16. The Balaban J connectivity index is 2.19. The molecule has 0 radical (unpaired) electrons. The summed E-state index contributed by atoms with van der Waals surface area (Å²) >= 11 is 0. The summed E-state index contributed by atoms with van der Waals surface area (Å²) in [6.07, 6.45) is 7.66. The van der Waals surface area contributed by atoms with Crippen molar-refractivity contribution in [3.63, 3.8) is 0 Å². The molecular weight excluding hydrogens is 288 g/mol. The Bertz CT molecular complexity index is 653. The topological polar surface area (TPSA) is 67.2 Å². The Morgan fingerprint density at radius 2 is 2.14 bits per heavy atom. The zero-order chi connectivity index (χ0) is 15.6. The van der Waals surface area contributed by atoms with Crippen molar-refractivity contribution in [2.24, 2.45) is 0 Å². The Labute approximate surface area is 126 Å². The highest BCUT2D eigenvalue weighted by molar-refractivity contribution is 7.89. The van der Waals surface area contributed by atoms with Gasteiger partial charge in [-0.2, -0.15) is 9.40 Å². The van der Waals surface area contributed by atoms with Crippen LogP contribution in [0.5, 0.6) is 0 Å². The van der Waals surface area contributed by atoms with Gasteiger partial charge in [0.25, 0.3) is 0 Å². The highest BCUT2D eigenvalue weighted by Crippen LogP contribution is 2.23. The zero-order valence-corrected chi connectivity index (χ0v) is 13.6. The molecule has 1 aliphatic carbocycles. The number of hydrogen-bond donors (Lipinski definition) is 1. The number of aromatic nitrogens is 2. The smallest absolute Gasteiger partial charge is 0.247 e. The lowest BCUT2D eigenvalue weighted by atomic mass is 10.4. The van der Waals surface area contributed by atoms with Gasteiger partial charge in [-0.1, -0.05) is 5.92 Å². The fourth-order valence-electron chi connectivity index (χ4n) is 2.30. The lowest BCUT2D eigenvalue weighted by Gasteiger charge is -2.14. The van der Waals surface area contributed by atoms with Crippen LogP contribution in [0.4, 0.5) is 0 Å². The number of sulfonamides is 1. The fourth-order valence-corrected chi connectivity index (χ4v) is 3.75. The van der Waals surface area contributed by atoms with Gasteiger partial charge in [0, 0.05) is 19.6 Å². The van der Waals surface area contributed by atoms with Crippen LogP contribution in [-0.4, -0.2) is 48.7 Å². The molecule has 1 fully saturated rings. The molecule has 0 bridgehead atoms. The van der Waals surface area contributed by atoms with Gasteiger partial charge in [-0.25, -0.2) is 8.42 Å². The van der Waals surface area contributed by atoms with E-state index in [1.807, 2.05) is 0 Å². The van der Waals surface area contributed by atoms with Crippen LogP contribution in [0.2, 0.25) is 0 Å². The molecule has 0 spiro atoms. The summed E-state index contributed by atoms with van der Waals surface area (Å²) in [5.41, 5.74) is 1.18. The van der Waals surface area contributed by atoms with E-state index in [1.165, 1.54) is 24.2 Å². The van der Waals surface area contributed by atoms with E-state index in [0.29, 0.717) is 24.0 Å². The van der Waals surface area contributed by atoms with Crippen molar-refractivity contribution in [2.75, 3.05) is 20.1 Å². The molecule has 116 valence electrons. The predicted molar refractivity (Wildman–Crippen MR) is 81.4 cm³/mol. The molecular formula is C14H22N4O2S. The van der Waals surface area contributed by atoms with Crippen LogP contribution in [0.1, 0.15) is 24.2 Å². The maximum absolute atomic E-state index is 12.5. The molecule has 0 aliphatic heterocycles. The van der Waals surface area contributed by atoms with Crippen molar-refractivity contribution >= 4 is 10.0 Å². The highest BCUT2D eigenvalue weighted by Gasteiger charge is 2.28. The van der Waals surface area contributed by atoms with E-state index in [4.69, 9.17) is 6.42 Å². The minimum atomic E-state index is -3.58. The molecule has 21 heavy (non-hydrogen) atoms. The van der Waals surface area contributed by atoms with Crippen molar-refractivity contribution in [1.29, 1.82) is 0 Å². The summed E-state index contributed by atoms with van der Waals surface area (Å²) in [7, 11) is -2.10. The quantitative estimate of drug-likeness (QED) is 0.745. The summed E-state index contributed by atoms with van der Waals surface area (Å²) in [5, 5.41) is 7.75. The number of nitrogens with zero attached hydrogens (tertiary/aromatic N) is 3. The van der Waals surface area contributed by atoms with Crippen LogP contribution in [0.15, 0.2) is 4.90 Å². The predicted octanol–water partition coefficient (Wildman–Crippen LogP) is 0.506. The normalized spacial score (nSPS) is 15.4. The molecule has 1 saturated carbocycles. The second-order valence-electron chi connectivity index (χ2n) is 5.42. The van der Waals surface area contributed by atoms with Gasteiger partial charge in [0.15, 0.2) is 0 Å². The molecule has 1 aromatic rings. The second kappa shape index (κ2) is 6.18. The lowest BCUT2D eigenvalue weighted by molar-refractivity contribution is 0.500. The van der Waals surface area contributed by atoms with Gasteiger partial charge in [0.05, 0.1) is 24.5 Å². The van der Waals surface area contributed by atoms with Crippen LogP contribution in [-0.2, 0) is 16.6 Å². The van der Waals surface area contributed by atoms with E-state index in [-0.39, 0.29) is 11.4 Å². The SMILES string of the molecule is C#CCN(C)S(=O)(=O)c1c(C)nn(CCNC2CC2)c1C. The molecule has 1 N–H and O–H groups in total. The summed E-state index contributed by atoms with van der Waals surface area (Å²) in [5.74, 6) is 2.35. The first-order valence-electron chi connectivity index (χ1n) is 7.05. The molecule has 7 heteroatoms. The number of rotatable bonds is 7. The van der Waals surface area contributed by atoms with Crippen molar-refractivity contribution in [3.8, 4) is 12.3 Å². The highest BCUT2D eigenvalue weighted by atomic mass is 32.2. The molecule has 0 atom stereocenters. The molecule has 6 nitrogen and oxygen atoms in total. The first-order chi connectivity index (χ1) is 9.87. The number of aryl methyl sites for hydroxylation is 1. The van der Waals surface area contributed by atoms with Crippen LogP contribution in [0, 0.1) is 26.2 Å². The Kier molecular flexibility index (Phi) is 4.71. The van der Waals surface area contributed by atoms with Crippen LogP contribution < -0.4 is 5.32 Å². The van der Waals surface area contributed by atoms with Gasteiger partial charge in [0.2, 0.25) is 10.0 Å². The van der Waals surface area contributed by atoms with Gasteiger partial charge in [-0.15, -0.1) is 6.42 Å². The minimum Gasteiger partial charge on any atom is -0.312 e. The van der Waals surface area contributed by atoms with Crippen molar-refractivity contribution in [1.82, 2.24) is 19.4 Å². The first-order valence-corrected chi connectivity index (χ1v) is 8.49. The third kappa shape index (κ3) is 3.46. The number of hydrogen-bond acceptors (Lipinski definition) is 4. The third-order valence-electron chi connectivity index (χ3n) is 3.63. The van der Waals surface area contributed by atoms with E-state index >= 15 is 0 Å². The number of nitrogens with one attached hydrogen (secondary N) is 1. The monoisotopic (exact) mass is 310 g/mol. The van der Waals surface area contributed by atoms with Crippen LogP contribution in [0.25, 0.3) is 0 Å². The molecule has 1 aromatic heterocycles. The lowest BCUT2D eigenvalue weighted by Crippen LogP contribution is -2.28. The maximum Gasteiger partial charge on any atom is 0.247 e.